The molecule has 0 aromatic carbocycles. The van der Waals surface area contributed by atoms with Crippen molar-refractivity contribution in [3.8, 4) is 0 Å². The van der Waals surface area contributed by atoms with Crippen LogP contribution in [0.4, 0.5) is 0 Å². The number of carbonyl (C=O) groups excluding carboxylic acids is 9. The number of aromatic nitrogens is 3. The van der Waals surface area contributed by atoms with Crippen LogP contribution in [0, 0.1) is 50.7 Å². The smallest absolute Gasteiger partial charge is 0.242 e. The van der Waals surface area contributed by atoms with Gasteiger partial charge in [0.25, 0.3) is 0 Å². The Bertz CT molecular complexity index is 3150. The summed E-state index contributed by atoms with van der Waals surface area (Å²) >= 11 is 2.80. The molecule has 0 spiro atoms. The fourth-order valence-corrected chi connectivity index (χ4v) is 14.2. The molecule has 4 aliphatic rings. The topological polar surface area (TPSA) is 311 Å². The normalized spacial score (nSPS) is 19.7. The minimum absolute atomic E-state index is 0.00934. The van der Waals surface area contributed by atoms with Crippen LogP contribution in [-0.2, 0) is 59.8 Å². The number of aliphatic imine (C=N–C) groups is 1. The van der Waals surface area contributed by atoms with E-state index in [1.54, 1.807) is 16.4 Å². The number of ether oxygens (including phenoxy) is 1. The largest absolute Gasteiger partial charge is 0.387 e. The number of unbranched alkanes of at least 4 members (excludes halogenated alkanes) is 1. The molecule has 2 saturated carbocycles. The third-order valence-corrected chi connectivity index (χ3v) is 20.2. The number of nitrogens with one attached hydrogen (secondary N) is 6. The minimum Gasteiger partial charge on any atom is -0.387 e. The van der Waals surface area contributed by atoms with Gasteiger partial charge < -0.3 is 42.4 Å². The quantitative estimate of drug-likeness (QED) is 0.0232. The second-order valence-electron chi connectivity index (χ2n) is 45.3. The number of carbonyl (C=O) groups is 9. The van der Waals surface area contributed by atoms with Gasteiger partial charge in [0.1, 0.15) is 0 Å². The second-order valence-corrected chi connectivity index (χ2v) is 47.8. The maximum absolute atomic E-state index is 12.8. The first-order valence-corrected chi connectivity index (χ1v) is 44.8. The fraction of sp³-hybridized carbons (Fsp3) is 0.867. The van der Waals surface area contributed by atoms with Gasteiger partial charge in [0, 0.05) is 104 Å². The van der Waals surface area contributed by atoms with Gasteiger partial charge in [0.15, 0.2) is 0 Å². The van der Waals surface area contributed by atoms with Crippen LogP contribution in [0.25, 0.3) is 0 Å². The first-order valence-electron chi connectivity index (χ1n) is 42.7. The van der Waals surface area contributed by atoms with Gasteiger partial charge in [0.2, 0.25) is 53.2 Å². The Morgan fingerprint density at radius 2 is 0.904 bits per heavy atom. The Hall–Kier alpha value is -5.14. The number of rotatable bonds is 23. The van der Waals surface area contributed by atoms with E-state index < -0.39 is 5.25 Å². The highest BCUT2D eigenvalue weighted by Gasteiger charge is 2.43. The van der Waals surface area contributed by atoms with Gasteiger partial charge in [-0.25, -0.2) is 4.68 Å². The van der Waals surface area contributed by atoms with Crippen LogP contribution in [0.3, 0.4) is 0 Å². The fourth-order valence-electron chi connectivity index (χ4n) is 12.1. The van der Waals surface area contributed by atoms with Gasteiger partial charge in [-0.2, -0.15) is 0 Å². The predicted octanol–water partition coefficient (Wildman–Crippen LogP) is 16.4. The van der Waals surface area contributed by atoms with Crippen molar-refractivity contribution in [1.29, 1.82) is 0 Å². The molecule has 4 fully saturated rings. The summed E-state index contributed by atoms with van der Waals surface area (Å²) in [6, 6.07) is 0. The van der Waals surface area contributed by atoms with Crippen LogP contribution < -0.4 is 37.6 Å². The van der Waals surface area contributed by atoms with Gasteiger partial charge in [-0.15, -0.1) is 28.6 Å². The standard InChI is InChI=1S/C24H42N4O3S.C22H37N3O4S.C12H22N4O.C12H26O.C10H21NO.C10H23N/c1-23(2,3)26-19(25)8-7-13-32-18-14-20(29)28(22(18)31)15-16-9-11-17(12-10-16)21(30)27-24(4,5)6;1-21(2,3)23-17(26)13-30-16-11-18(27)25(20(16)29)12-14-7-9-15(10-8-14)19(28)24-22(4,5)6;1-11(2,3)13-10(17)7-9-8-16(15-14-9)12(4,5)6;1-11(2,3)9-7-8-10-13-12(4,5)6;1-9(2,3)7-11-8(12)10(4,5)6;1-9(2,3)7-11-8-10(4,5)6/h16-18H,7-15H2,1-6H3,(H2,25,26)(H,27,30);14-16H,7-13H2,1-6H3,(H,23,26)(H,24,28);8H,7H2,1-6H3,(H,13,17);7-10H2,1-6H3;7H2,1-6H3,(H,11,12);11H,7-8H2,1-6H3. The van der Waals surface area contributed by atoms with Crippen molar-refractivity contribution in [1.82, 2.24) is 56.7 Å². The number of hydrogen-bond donors (Lipinski definition) is 7. The molecule has 9 amide bonds. The van der Waals surface area contributed by atoms with E-state index in [0.29, 0.717) is 59.6 Å². The van der Waals surface area contributed by atoms with E-state index in [1.165, 1.54) is 40.8 Å². The number of likely N-dealkylation sites (tertiary alicyclic amines) is 2. The number of hydrogen-bond acceptors (Lipinski definition) is 16. The van der Waals surface area contributed by atoms with Gasteiger partial charge in [0.05, 0.1) is 50.9 Å². The van der Waals surface area contributed by atoms with Gasteiger partial charge in [-0.3, -0.25) is 57.9 Å². The minimum atomic E-state index is -0.475. The Balaban J connectivity index is 0.00000143. The first kappa shape index (κ1) is 110. The molecule has 2 aliphatic carbocycles. The van der Waals surface area contributed by atoms with E-state index in [-0.39, 0.29) is 144 Å². The lowest BCUT2D eigenvalue weighted by atomic mass is 9.81. The zero-order valence-corrected chi connectivity index (χ0v) is 81.3. The highest BCUT2D eigenvalue weighted by atomic mass is 32.2. The van der Waals surface area contributed by atoms with Gasteiger partial charge in [-0.1, -0.05) is 115 Å². The number of amidine groups is 1. The molecule has 668 valence electrons. The summed E-state index contributed by atoms with van der Waals surface area (Å²) in [5.41, 5.74) is 6.61. The van der Waals surface area contributed by atoms with Crippen LogP contribution in [-0.4, -0.2) is 178 Å². The molecule has 0 bridgehead atoms. The predicted molar refractivity (Wildman–Crippen MR) is 480 cm³/mol. The van der Waals surface area contributed by atoms with Crippen molar-refractivity contribution in [2.75, 3.05) is 50.8 Å². The Morgan fingerprint density at radius 1 is 0.504 bits per heavy atom. The third kappa shape index (κ3) is 56.1. The molecular weight excluding hydrogens is 1490 g/mol. The van der Waals surface area contributed by atoms with Crippen LogP contribution in [0.5, 0.6) is 0 Å². The maximum atomic E-state index is 12.8. The Kier molecular flexibility index (Phi) is 45.1. The van der Waals surface area contributed by atoms with E-state index in [0.717, 1.165) is 89.8 Å². The molecular formula is C90H171N13O10S2. The molecule has 1 aromatic heterocycles. The zero-order valence-electron chi connectivity index (χ0n) is 79.7. The second kappa shape index (κ2) is 47.2. The van der Waals surface area contributed by atoms with Crippen LogP contribution >= 0.6 is 23.5 Å². The molecule has 1 aromatic rings. The lowest BCUT2D eigenvalue weighted by molar-refractivity contribution is -0.141. The molecule has 0 radical (unpaired) electrons. The summed E-state index contributed by atoms with van der Waals surface area (Å²) < 4.78 is 7.41. The SMILES string of the molecule is CC(C)(C)CCCCOC(C)(C)C.CC(C)(C)CNC(=O)C(C)(C)C.CC(C)(C)CNCC(C)(C)C.CC(C)(C)N=C(N)CCCSC1CC(=O)N(CC2CCC(C(=O)NC(C)(C)C)CC2)C1=O.CC(C)(C)NC(=O)CSC1CC(=O)N(CC2CCC(C(=O)NC(C)(C)C)CC2)C1=O.CC(C)(C)NC(=O)Cc1cn(C(C)(C)C)nn1. The molecule has 2 atom stereocenters. The molecule has 23 nitrogen and oxygen atoms in total. The van der Waals surface area contributed by atoms with Gasteiger partial charge in [-0.05, 0) is 255 Å². The molecule has 8 N–H and O–H groups in total. The van der Waals surface area contributed by atoms with Crippen molar-refractivity contribution in [3.63, 3.8) is 0 Å². The highest BCUT2D eigenvalue weighted by Crippen LogP contribution is 2.36. The van der Waals surface area contributed by atoms with E-state index in [9.17, 15) is 43.2 Å². The van der Waals surface area contributed by atoms with Crippen molar-refractivity contribution in [2.45, 2.75) is 401 Å². The van der Waals surface area contributed by atoms with Crippen molar-refractivity contribution >= 4 is 82.5 Å². The molecule has 2 aliphatic heterocycles. The molecule has 5 rings (SSSR count). The lowest BCUT2D eigenvalue weighted by Crippen LogP contribution is -2.45. The van der Waals surface area contributed by atoms with Crippen LogP contribution in [0.15, 0.2) is 11.2 Å². The summed E-state index contributed by atoms with van der Waals surface area (Å²) in [6.45, 7) is 79.2. The summed E-state index contributed by atoms with van der Waals surface area (Å²) in [7, 11) is 0. The van der Waals surface area contributed by atoms with E-state index >= 15 is 0 Å². The number of imide groups is 2. The molecule has 25 heteroatoms. The Labute approximate surface area is 708 Å². The van der Waals surface area contributed by atoms with Crippen molar-refractivity contribution in [2.24, 2.45) is 61.5 Å². The van der Waals surface area contributed by atoms with E-state index in [1.807, 2.05) is 152 Å². The number of amides is 9. The number of thioether (sulfide) groups is 2. The number of nitrogens with zero attached hydrogens (tertiary/aromatic N) is 6. The monoisotopic (exact) mass is 1660 g/mol. The average Bonchev–Trinajstić information content (AvgIpc) is 1.68. The van der Waals surface area contributed by atoms with Crippen molar-refractivity contribution < 1.29 is 47.9 Å². The zero-order chi connectivity index (χ0) is 89.7. The highest BCUT2D eigenvalue weighted by molar-refractivity contribution is 8.01. The maximum Gasteiger partial charge on any atom is 0.242 e. The Morgan fingerprint density at radius 3 is 1.25 bits per heavy atom. The molecule has 3 heterocycles. The average molecular weight is 1660 g/mol. The van der Waals surface area contributed by atoms with E-state index in [2.05, 4.69) is 151 Å². The summed E-state index contributed by atoms with van der Waals surface area (Å²) in [5.74, 6) is 1.91. The first-order chi connectivity index (χ1) is 51.6. The molecule has 115 heavy (non-hydrogen) atoms. The third-order valence-electron chi connectivity index (χ3n) is 17.7. The molecule has 2 saturated heterocycles. The van der Waals surface area contributed by atoms with Crippen LogP contribution in [0.2, 0.25) is 0 Å². The van der Waals surface area contributed by atoms with Crippen LogP contribution in [0.1, 0.15) is 351 Å². The lowest BCUT2D eigenvalue weighted by Gasteiger charge is -2.32. The summed E-state index contributed by atoms with van der Waals surface area (Å²) in [5, 5.41) is 25.5. The molecule has 2 unspecified atom stereocenters. The summed E-state index contributed by atoms with van der Waals surface area (Å²) in [6.07, 6.45) is 14.5. The van der Waals surface area contributed by atoms with Gasteiger partial charge >= 0.3 is 0 Å². The van der Waals surface area contributed by atoms with E-state index in [4.69, 9.17) is 10.5 Å². The number of nitrogens with two attached hydrogens (primary N) is 1. The summed E-state index contributed by atoms with van der Waals surface area (Å²) in [4.78, 5) is 118. The van der Waals surface area contributed by atoms with Crippen molar-refractivity contribution in [3.05, 3.63) is 11.9 Å².